The molecule has 0 radical (unpaired) electrons. The van der Waals surface area contributed by atoms with E-state index in [1.807, 2.05) is 0 Å². The van der Waals surface area contributed by atoms with Crippen LogP contribution >= 0.6 is 0 Å². The van der Waals surface area contributed by atoms with Crippen LogP contribution in [0.2, 0.25) is 0 Å². The third kappa shape index (κ3) is 0.791. The predicted octanol–water partition coefficient (Wildman–Crippen LogP) is 0.964. The minimum atomic E-state index is -0.0783. The molecule has 0 aromatic rings. The van der Waals surface area contributed by atoms with Gasteiger partial charge in [0.1, 0.15) is 5.78 Å². The second-order valence-corrected chi connectivity index (χ2v) is 4.27. The zero-order valence-corrected chi connectivity index (χ0v) is 7.18. The Bertz CT molecular complexity index is 198. The fourth-order valence-electron chi connectivity index (χ4n) is 2.46. The largest absolute Gasteiger partial charge is 0.312 e. The normalized spacial score (nSPS) is 41.1. The van der Waals surface area contributed by atoms with Gasteiger partial charge < -0.3 is 5.32 Å². The lowest BCUT2D eigenvalue weighted by Gasteiger charge is -2.52. The smallest absolute Gasteiger partial charge is 0.144 e. The zero-order chi connectivity index (χ0) is 8.06. The van der Waals surface area contributed by atoms with Crippen molar-refractivity contribution in [1.29, 1.82) is 0 Å². The van der Waals surface area contributed by atoms with E-state index in [9.17, 15) is 4.79 Å². The predicted molar refractivity (Wildman–Crippen MR) is 43.3 cm³/mol. The Morgan fingerprint density at radius 2 is 2.27 bits per heavy atom. The summed E-state index contributed by atoms with van der Waals surface area (Å²) in [4.78, 5) is 11.5. The van der Waals surface area contributed by atoms with Gasteiger partial charge in [-0.3, -0.25) is 4.79 Å². The van der Waals surface area contributed by atoms with Crippen molar-refractivity contribution in [2.45, 2.75) is 32.7 Å². The molecule has 2 aliphatic rings. The highest BCUT2D eigenvalue weighted by Crippen LogP contribution is 2.45. The molecule has 1 saturated heterocycles. The SMILES string of the molecule is CC1(C)C(=O)C2CCCNC21. The van der Waals surface area contributed by atoms with Crippen LogP contribution in [0.15, 0.2) is 0 Å². The van der Waals surface area contributed by atoms with Crippen molar-refractivity contribution < 1.29 is 4.79 Å². The summed E-state index contributed by atoms with van der Waals surface area (Å²) in [5.74, 6) is 0.813. The van der Waals surface area contributed by atoms with Crippen LogP contribution < -0.4 is 5.32 Å². The van der Waals surface area contributed by atoms with Crippen LogP contribution in [-0.2, 0) is 4.79 Å². The minimum Gasteiger partial charge on any atom is -0.312 e. The number of fused-ring (bicyclic) bond motifs is 1. The number of hydrogen-bond acceptors (Lipinski definition) is 2. The van der Waals surface area contributed by atoms with Crippen molar-refractivity contribution in [3.8, 4) is 0 Å². The average molecular weight is 153 g/mol. The lowest BCUT2D eigenvalue weighted by atomic mass is 9.56. The van der Waals surface area contributed by atoms with Gasteiger partial charge in [0.05, 0.1) is 0 Å². The number of Topliss-reactive ketones (excluding diaryl/α,β-unsaturated/α-hetero) is 1. The first-order valence-electron chi connectivity index (χ1n) is 4.42. The van der Waals surface area contributed by atoms with E-state index in [4.69, 9.17) is 0 Å². The standard InChI is InChI=1S/C9H15NO/c1-9(2)7-6(8(9)11)4-3-5-10-7/h6-7,10H,3-5H2,1-2H3. The highest BCUT2D eigenvalue weighted by molar-refractivity contribution is 5.94. The van der Waals surface area contributed by atoms with Gasteiger partial charge in [0.15, 0.2) is 0 Å². The van der Waals surface area contributed by atoms with Crippen molar-refractivity contribution in [3.05, 3.63) is 0 Å². The van der Waals surface area contributed by atoms with Crippen LogP contribution in [0.5, 0.6) is 0 Å². The second-order valence-electron chi connectivity index (χ2n) is 4.27. The summed E-state index contributed by atoms with van der Waals surface area (Å²) >= 11 is 0. The van der Waals surface area contributed by atoms with Gasteiger partial charge in [0.25, 0.3) is 0 Å². The summed E-state index contributed by atoms with van der Waals surface area (Å²) in [6.45, 7) is 5.20. The Balaban J connectivity index is 2.15. The lowest BCUT2D eigenvalue weighted by molar-refractivity contribution is -0.150. The van der Waals surface area contributed by atoms with Gasteiger partial charge >= 0.3 is 0 Å². The third-order valence-corrected chi connectivity index (χ3v) is 3.21. The fourth-order valence-corrected chi connectivity index (χ4v) is 2.46. The Morgan fingerprint density at radius 3 is 2.91 bits per heavy atom. The molecular weight excluding hydrogens is 138 g/mol. The third-order valence-electron chi connectivity index (χ3n) is 3.21. The van der Waals surface area contributed by atoms with Crippen molar-refractivity contribution in [1.82, 2.24) is 5.32 Å². The molecule has 1 N–H and O–H groups in total. The number of hydrogen-bond donors (Lipinski definition) is 1. The number of carbonyl (C=O) groups excluding carboxylic acids is 1. The lowest BCUT2D eigenvalue weighted by Crippen LogP contribution is -2.66. The summed E-state index contributed by atoms with van der Waals surface area (Å²) < 4.78 is 0. The van der Waals surface area contributed by atoms with Crippen molar-refractivity contribution in [2.24, 2.45) is 11.3 Å². The Labute approximate surface area is 67.4 Å². The Hall–Kier alpha value is -0.370. The fraction of sp³-hybridized carbons (Fsp3) is 0.889. The summed E-state index contributed by atoms with van der Waals surface area (Å²) in [5.41, 5.74) is -0.0783. The number of piperidine rings is 1. The molecule has 1 heterocycles. The Kier molecular flexibility index (Phi) is 1.37. The average Bonchev–Trinajstić information content (AvgIpc) is 2.04. The first-order valence-corrected chi connectivity index (χ1v) is 4.42. The van der Waals surface area contributed by atoms with Crippen LogP contribution in [0.1, 0.15) is 26.7 Å². The van der Waals surface area contributed by atoms with Crippen molar-refractivity contribution in [2.75, 3.05) is 6.54 Å². The van der Waals surface area contributed by atoms with Crippen LogP contribution in [-0.4, -0.2) is 18.4 Å². The zero-order valence-electron chi connectivity index (χ0n) is 7.18. The molecule has 1 saturated carbocycles. The maximum Gasteiger partial charge on any atom is 0.144 e. The van der Waals surface area contributed by atoms with Gasteiger partial charge in [-0.25, -0.2) is 0 Å². The molecule has 2 atom stereocenters. The van der Waals surface area contributed by atoms with Gasteiger partial charge in [-0.05, 0) is 19.4 Å². The molecular formula is C9H15NO. The highest BCUT2D eigenvalue weighted by atomic mass is 16.1. The molecule has 1 aliphatic heterocycles. The molecule has 2 unspecified atom stereocenters. The maximum absolute atomic E-state index is 11.5. The van der Waals surface area contributed by atoms with Crippen LogP contribution in [0.4, 0.5) is 0 Å². The van der Waals surface area contributed by atoms with Gasteiger partial charge in [-0.15, -0.1) is 0 Å². The molecule has 0 amide bonds. The second kappa shape index (κ2) is 2.07. The minimum absolute atomic E-state index is 0.0783. The van der Waals surface area contributed by atoms with E-state index in [0.29, 0.717) is 17.7 Å². The highest BCUT2D eigenvalue weighted by Gasteiger charge is 2.55. The molecule has 62 valence electrons. The summed E-state index contributed by atoms with van der Waals surface area (Å²) in [7, 11) is 0. The maximum atomic E-state index is 11.5. The molecule has 0 aromatic heterocycles. The van der Waals surface area contributed by atoms with E-state index in [1.54, 1.807) is 0 Å². The number of ketones is 1. The quantitative estimate of drug-likeness (QED) is 0.561. The number of rotatable bonds is 0. The molecule has 0 spiro atoms. The Morgan fingerprint density at radius 1 is 1.55 bits per heavy atom. The summed E-state index contributed by atoms with van der Waals surface area (Å²) in [6, 6.07) is 0.476. The van der Waals surface area contributed by atoms with Crippen molar-refractivity contribution in [3.63, 3.8) is 0 Å². The molecule has 0 aromatic carbocycles. The molecule has 0 bridgehead atoms. The van der Waals surface area contributed by atoms with Gasteiger partial charge in [-0.2, -0.15) is 0 Å². The molecule has 1 aliphatic carbocycles. The van der Waals surface area contributed by atoms with Gasteiger partial charge in [-0.1, -0.05) is 13.8 Å². The molecule has 2 fully saturated rings. The van der Waals surface area contributed by atoms with Crippen LogP contribution in [0.25, 0.3) is 0 Å². The molecule has 2 rings (SSSR count). The van der Waals surface area contributed by atoms with Crippen molar-refractivity contribution >= 4 is 5.78 Å². The first-order chi connectivity index (χ1) is 5.14. The van der Waals surface area contributed by atoms with E-state index in [1.165, 1.54) is 6.42 Å². The van der Waals surface area contributed by atoms with Crippen LogP contribution in [0, 0.1) is 11.3 Å². The molecule has 2 nitrogen and oxygen atoms in total. The number of nitrogens with one attached hydrogen (secondary N) is 1. The molecule has 2 heteroatoms. The summed E-state index contributed by atoms with van der Waals surface area (Å²) in [6.07, 6.45) is 2.28. The molecule has 11 heavy (non-hydrogen) atoms. The van der Waals surface area contributed by atoms with E-state index in [2.05, 4.69) is 19.2 Å². The van der Waals surface area contributed by atoms with Gasteiger partial charge in [0, 0.05) is 17.4 Å². The summed E-state index contributed by atoms with van der Waals surface area (Å²) in [5, 5.41) is 3.42. The van der Waals surface area contributed by atoms with E-state index in [-0.39, 0.29) is 5.41 Å². The number of carbonyl (C=O) groups is 1. The van der Waals surface area contributed by atoms with E-state index < -0.39 is 0 Å². The first kappa shape index (κ1) is 7.29. The monoisotopic (exact) mass is 153 g/mol. The topological polar surface area (TPSA) is 29.1 Å². The van der Waals surface area contributed by atoms with E-state index >= 15 is 0 Å². The van der Waals surface area contributed by atoms with Crippen LogP contribution in [0.3, 0.4) is 0 Å². The van der Waals surface area contributed by atoms with Gasteiger partial charge in [0.2, 0.25) is 0 Å². The van der Waals surface area contributed by atoms with E-state index in [0.717, 1.165) is 13.0 Å².